The first kappa shape index (κ1) is 18.8. The predicted octanol–water partition coefficient (Wildman–Crippen LogP) is 2.43. The number of anilines is 1. The molecule has 25 heavy (non-hydrogen) atoms. The molecule has 2 aromatic carbocycles. The summed E-state index contributed by atoms with van der Waals surface area (Å²) in [5, 5.41) is 2.72. The second-order valence-corrected chi connectivity index (χ2v) is 7.27. The summed E-state index contributed by atoms with van der Waals surface area (Å²) in [5.74, 6) is 0.377. The lowest BCUT2D eigenvalue weighted by Crippen LogP contribution is -2.29. The lowest BCUT2D eigenvalue weighted by atomic mass is 10.1. The number of rotatable bonds is 8. The average Bonchev–Trinajstić information content (AvgIpc) is 2.58. The molecule has 0 aliphatic heterocycles. The quantitative estimate of drug-likeness (QED) is 0.707. The summed E-state index contributed by atoms with van der Waals surface area (Å²) in [6.07, 6.45) is 2.01. The predicted molar refractivity (Wildman–Crippen MR) is 98.6 cm³/mol. The van der Waals surface area contributed by atoms with Crippen LogP contribution in [0.5, 0.6) is 5.75 Å². The molecular weight excluding hydrogens is 340 g/mol. The summed E-state index contributed by atoms with van der Waals surface area (Å²) in [4.78, 5) is 12.2. The van der Waals surface area contributed by atoms with Crippen LogP contribution < -0.4 is 14.8 Å². The summed E-state index contributed by atoms with van der Waals surface area (Å²) in [7, 11) is -3.45. The molecular formula is C18H22N2O4S. The summed E-state index contributed by atoms with van der Waals surface area (Å²) >= 11 is 0. The molecule has 0 saturated carbocycles. The van der Waals surface area contributed by atoms with Crippen molar-refractivity contribution < 1.29 is 17.9 Å². The van der Waals surface area contributed by atoms with Gasteiger partial charge >= 0.3 is 0 Å². The number of para-hydroxylation sites is 1. The SMILES string of the molecule is CCc1ccc(OCCNC(=O)c2ccccc2NS(C)(=O)=O)cc1. The fraction of sp³-hybridized carbons (Fsp3) is 0.278. The number of carbonyl (C=O) groups is 1. The molecule has 0 fully saturated rings. The zero-order valence-corrected chi connectivity index (χ0v) is 15.1. The molecule has 0 atom stereocenters. The van der Waals surface area contributed by atoms with Crippen LogP contribution in [-0.4, -0.2) is 33.7 Å². The molecule has 2 rings (SSSR count). The van der Waals surface area contributed by atoms with Crippen molar-refractivity contribution in [2.75, 3.05) is 24.1 Å². The van der Waals surface area contributed by atoms with Crippen LogP contribution in [0.3, 0.4) is 0 Å². The first-order valence-electron chi connectivity index (χ1n) is 7.96. The molecule has 0 aliphatic carbocycles. The minimum atomic E-state index is -3.45. The Labute approximate surface area is 148 Å². The average molecular weight is 362 g/mol. The van der Waals surface area contributed by atoms with Crippen molar-refractivity contribution in [2.24, 2.45) is 0 Å². The lowest BCUT2D eigenvalue weighted by molar-refractivity contribution is 0.0948. The van der Waals surface area contributed by atoms with E-state index in [9.17, 15) is 13.2 Å². The molecule has 6 nitrogen and oxygen atoms in total. The van der Waals surface area contributed by atoms with Gasteiger partial charge < -0.3 is 10.1 Å². The Morgan fingerprint density at radius 2 is 1.76 bits per heavy atom. The van der Waals surface area contributed by atoms with Gasteiger partial charge in [0.2, 0.25) is 10.0 Å². The van der Waals surface area contributed by atoms with Crippen LogP contribution in [0.25, 0.3) is 0 Å². The zero-order valence-electron chi connectivity index (χ0n) is 14.3. The van der Waals surface area contributed by atoms with Crippen LogP contribution in [-0.2, 0) is 16.4 Å². The van der Waals surface area contributed by atoms with Gasteiger partial charge in [0.1, 0.15) is 12.4 Å². The van der Waals surface area contributed by atoms with E-state index in [1.807, 2.05) is 24.3 Å². The molecule has 0 heterocycles. The maximum Gasteiger partial charge on any atom is 0.253 e. The van der Waals surface area contributed by atoms with Gasteiger partial charge in [0.15, 0.2) is 0 Å². The second-order valence-electron chi connectivity index (χ2n) is 5.52. The fourth-order valence-corrected chi connectivity index (χ4v) is 2.80. The van der Waals surface area contributed by atoms with E-state index < -0.39 is 10.0 Å². The first-order chi connectivity index (χ1) is 11.9. The molecule has 134 valence electrons. The number of amides is 1. The highest BCUT2D eigenvalue weighted by atomic mass is 32.2. The van der Waals surface area contributed by atoms with Crippen molar-refractivity contribution in [2.45, 2.75) is 13.3 Å². The van der Waals surface area contributed by atoms with E-state index in [2.05, 4.69) is 17.0 Å². The third kappa shape index (κ3) is 6.11. The van der Waals surface area contributed by atoms with Crippen molar-refractivity contribution in [1.82, 2.24) is 5.32 Å². The van der Waals surface area contributed by atoms with E-state index in [0.717, 1.165) is 18.4 Å². The highest BCUT2D eigenvalue weighted by Gasteiger charge is 2.13. The monoisotopic (exact) mass is 362 g/mol. The van der Waals surface area contributed by atoms with E-state index in [0.29, 0.717) is 13.2 Å². The highest BCUT2D eigenvalue weighted by Crippen LogP contribution is 2.16. The molecule has 1 amide bonds. The molecule has 0 unspecified atom stereocenters. The van der Waals surface area contributed by atoms with Gasteiger partial charge in [-0.1, -0.05) is 31.2 Å². The molecule has 0 radical (unpaired) electrons. The Kier molecular flexibility index (Phi) is 6.41. The Hall–Kier alpha value is -2.54. The molecule has 0 aromatic heterocycles. The van der Waals surface area contributed by atoms with Gasteiger partial charge in [0.25, 0.3) is 5.91 Å². The van der Waals surface area contributed by atoms with Crippen LogP contribution in [0, 0.1) is 0 Å². The summed E-state index contributed by atoms with van der Waals surface area (Å²) in [6.45, 7) is 2.71. The van der Waals surface area contributed by atoms with Crippen molar-refractivity contribution >= 4 is 21.6 Å². The smallest absolute Gasteiger partial charge is 0.253 e. The molecule has 2 aromatic rings. The number of carbonyl (C=O) groups excluding carboxylic acids is 1. The molecule has 0 saturated heterocycles. The molecule has 0 aliphatic rings. The molecule has 2 N–H and O–H groups in total. The first-order valence-corrected chi connectivity index (χ1v) is 9.85. The molecule has 0 bridgehead atoms. The largest absolute Gasteiger partial charge is 0.492 e. The maximum absolute atomic E-state index is 12.2. The molecule has 7 heteroatoms. The third-order valence-electron chi connectivity index (χ3n) is 3.45. The molecule has 0 spiro atoms. The van der Waals surface area contributed by atoms with E-state index in [-0.39, 0.29) is 17.2 Å². The lowest BCUT2D eigenvalue weighted by Gasteiger charge is -2.11. The van der Waals surface area contributed by atoms with E-state index in [1.165, 1.54) is 5.56 Å². The summed E-state index contributed by atoms with van der Waals surface area (Å²) in [5.41, 5.74) is 1.74. The number of nitrogens with one attached hydrogen (secondary N) is 2. The summed E-state index contributed by atoms with van der Waals surface area (Å²) < 4.78 is 30.7. The van der Waals surface area contributed by atoms with Crippen molar-refractivity contribution in [3.63, 3.8) is 0 Å². The van der Waals surface area contributed by atoms with Crippen LogP contribution in [0.1, 0.15) is 22.8 Å². The van der Waals surface area contributed by atoms with Gasteiger partial charge in [0, 0.05) is 0 Å². The van der Waals surface area contributed by atoms with E-state index >= 15 is 0 Å². The zero-order chi connectivity index (χ0) is 18.3. The van der Waals surface area contributed by atoms with E-state index in [1.54, 1.807) is 24.3 Å². The highest BCUT2D eigenvalue weighted by molar-refractivity contribution is 7.92. The van der Waals surface area contributed by atoms with Crippen LogP contribution in [0.2, 0.25) is 0 Å². The maximum atomic E-state index is 12.2. The number of ether oxygens (including phenoxy) is 1. The Balaban J connectivity index is 1.88. The third-order valence-corrected chi connectivity index (χ3v) is 4.05. The Morgan fingerprint density at radius 1 is 1.08 bits per heavy atom. The van der Waals surface area contributed by atoms with Crippen molar-refractivity contribution in [3.05, 3.63) is 59.7 Å². The van der Waals surface area contributed by atoms with Crippen molar-refractivity contribution in [1.29, 1.82) is 0 Å². The summed E-state index contributed by atoms with van der Waals surface area (Å²) in [6, 6.07) is 14.2. The van der Waals surface area contributed by atoms with Gasteiger partial charge in [-0.05, 0) is 36.2 Å². The minimum Gasteiger partial charge on any atom is -0.492 e. The number of hydrogen-bond acceptors (Lipinski definition) is 4. The van der Waals surface area contributed by atoms with Gasteiger partial charge in [-0.3, -0.25) is 9.52 Å². The van der Waals surface area contributed by atoms with Crippen LogP contribution in [0.15, 0.2) is 48.5 Å². The van der Waals surface area contributed by atoms with Crippen molar-refractivity contribution in [3.8, 4) is 5.75 Å². The number of sulfonamides is 1. The van der Waals surface area contributed by atoms with Gasteiger partial charge in [0.05, 0.1) is 24.1 Å². The second kappa shape index (κ2) is 8.53. The number of benzene rings is 2. The van der Waals surface area contributed by atoms with E-state index in [4.69, 9.17) is 4.74 Å². The normalized spacial score (nSPS) is 11.0. The number of aryl methyl sites for hydroxylation is 1. The Bertz CT molecular complexity index is 817. The van der Waals surface area contributed by atoms with Gasteiger partial charge in [-0.15, -0.1) is 0 Å². The fourth-order valence-electron chi connectivity index (χ4n) is 2.22. The Morgan fingerprint density at radius 3 is 2.40 bits per heavy atom. The van der Waals surface area contributed by atoms with Gasteiger partial charge in [-0.2, -0.15) is 0 Å². The topological polar surface area (TPSA) is 84.5 Å². The van der Waals surface area contributed by atoms with Gasteiger partial charge in [-0.25, -0.2) is 8.42 Å². The standard InChI is InChI=1S/C18H22N2O4S/c1-3-14-8-10-15(11-9-14)24-13-12-19-18(21)16-6-4-5-7-17(16)20-25(2,22)23/h4-11,20H,3,12-13H2,1-2H3,(H,19,21). The van der Waals surface area contributed by atoms with Crippen LogP contribution >= 0.6 is 0 Å². The number of hydrogen-bond donors (Lipinski definition) is 2. The minimum absolute atomic E-state index is 0.249. The van der Waals surface area contributed by atoms with Crippen LogP contribution in [0.4, 0.5) is 5.69 Å².